The topological polar surface area (TPSA) is 159 Å². The zero-order valence-electron chi connectivity index (χ0n) is 18.6. The molecule has 34 heavy (non-hydrogen) atoms. The number of halogens is 1. The number of nitrogens with zero attached hydrogens (tertiary/aromatic N) is 3. The van der Waals surface area contributed by atoms with Crippen LogP contribution < -0.4 is 11.2 Å². The third-order valence-corrected chi connectivity index (χ3v) is 4.98. The number of ether oxygens (including phenoxy) is 3. The normalized spacial score (nSPS) is 24.6. The lowest BCUT2D eigenvalue weighted by Gasteiger charge is -2.22. The highest BCUT2D eigenvalue weighted by Crippen LogP contribution is 2.38. The molecule has 0 unspecified atom stereocenters. The highest BCUT2D eigenvalue weighted by Gasteiger charge is 2.57. The number of esters is 2. The summed E-state index contributed by atoms with van der Waals surface area (Å²) in [4.78, 5) is 52.7. The van der Waals surface area contributed by atoms with Gasteiger partial charge in [0.05, 0.1) is 11.0 Å². The Bertz CT molecular complexity index is 1170. The van der Waals surface area contributed by atoms with Crippen LogP contribution in [0.25, 0.3) is 0 Å². The molecule has 0 bridgehead atoms. The van der Waals surface area contributed by atoms with Crippen LogP contribution in [0, 0.1) is 5.41 Å². The Balaban J connectivity index is 1.79. The monoisotopic (exact) mass is 481 g/mol. The Morgan fingerprint density at radius 1 is 1.24 bits per heavy atom. The molecular weight excluding hydrogens is 457 g/mol. The minimum Gasteiger partial charge on any atom is -0.456 e. The molecule has 0 aliphatic carbocycles. The van der Waals surface area contributed by atoms with E-state index in [0.717, 1.165) is 12.3 Å². The van der Waals surface area contributed by atoms with Gasteiger partial charge in [-0.2, -0.15) is 0 Å². The van der Waals surface area contributed by atoms with Gasteiger partial charge in [-0.05, 0) is 32.9 Å². The summed E-state index contributed by atoms with van der Waals surface area (Å²) in [5, 5.41) is 20.5. The average Bonchev–Trinajstić information content (AvgIpc) is 3.01. The summed E-state index contributed by atoms with van der Waals surface area (Å²) in [5.41, 5.74) is -2.80. The van der Waals surface area contributed by atoms with Crippen molar-refractivity contribution in [2.24, 2.45) is 5.41 Å². The molecule has 0 saturated carbocycles. The molecule has 0 amide bonds. The van der Waals surface area contributed by atoms with Crippen molar-refractivity contribution in [2.75, 3.05) is 6.61 Å². The molecule has 2 N–H and O–H groups in total. The number of carbonyl (C=O) groups excluding carboxylic acids is 2. The van der Waals surface area contributed by atoms with Gasteiger partial charge < -0.3 is 24.4 Å². The molecule has 0 spiro atoms. The van der Waals surface area contributed by atoms with E-state index in [1.54, 1.807) is 20.8 Å². The van der Waals surface area contributed by atoms with Gasteiger partial charge >= 0.3 is 17.6 Å². The molecule has 1 aliphatic heterocycles. The molecule has 1 saturated heterocycles. The number of rotatable bonds is 6. The molecule has 4 atom stereocenters. The smallest absolute Gasteiger partial charge is 0.339 e. The summed E-state index contributed by atoms with van der Waals surface area (Å²) in [6.45, 7) is 2.89. The first kappa shape index (κ1) is 25.2. The summed E-state index contributed by atoms with van der Waals surface area (Å²) in [6, 6.07) is 3.75. The Morgan fingerprint density at radius 2 is 1.94 bits per heavy atom. The second kappa shape index (κ2) is 9.44. The van der Waals surface area contributed by atoms with E-state index in [4.69, 9.17) is 14.2 Å². The molecule has 2 aromatic heterocycles. The van der Waals surface area contributed by atoms with Crippen LogP contribution in [0.1, 0.15) is 37.4 Å². The summed E-state index contributed by atoms with van der Waals surface area (Å²) in [6.07, 6.45) is -2.42. The highest BCUT2D eigenvalue weighted by atomic mass is 19.2. The second-order valence-corrected chi connectivity index (χ2v) is 8.63. The molecule has 13 heteroatoms. The van der Waals surface area contributed by atoms with Crippen molar-refractivity contribution in [3.8, 4) is 0 Å². The van der Waals surface area contributed by atoms with Gasteiger partial charge in [0.1, 0.15) is 12.2 Å². The zero-order chi connectivity index (χ0) is 25.3. The van der Waals surface area contributed by atoms with E-state index in [-0.39, 0.29) is 5.56 Å². The molecule has 3 rings (SSSR count). The van der Waals surface area contributed by atoms with Gasteiger partial charge in [0.15, 0.2) is 19.6 Å². The lowest BCUT2D eigenvalue weighted by Crippen LogP contribution is -2.44. The maximum Gasteiger partial charge on any atom is 0.339 e. The number of aliphatic hydroxyl groups excluding tert-OH is 2. The number of aliphatic hydroxyl groups is 2. The van der Waals surface area contributed by atoms with Crippen molar-refractivity contribution >= 4 is 11.9 Å². The van der Waals surface area contributed by atoms with Gasteiger partial charge in [-0.1, -0.05) is 0 Å². The summed E-state index contributed by atoms with van der Waals surface area (Å²) >= 11 is 0. The Labute approximate surface area is 192 Å². The van der Waals surface area contributed by atoms with Crippen molar-refractivity contribution in [1.82, 2.24) is 14.1 Å². The van der Waals surface area contributed by atoms with Crippen molar-refractivity contribution < 1.29 is 38.4 Å². The van der Waals surface area contributed by atoms with Crippen molar-refractivity contribution in [3.05, 3.63) is 63.2 Å². The van der Waals surface area contributed by atoms with Crippen LogP contribution in [0.2, 0.25) is 0 Å². The van der Waals surface area contributed by atoms with Crippen LogP contribution >= 0.6 is 0 Å². The average molecular weight is 481 g/mol. The van der Waals surface area contributed by atoms with Crippen molar-refractivity contribution in [1.29, 1.82) is 0 Å². The lowest BCUT2D eigenvalue weighted by atomic mass is 9.98. The maximum atomic E-state index is 15.3. The van der Waals surface area contributed by atoms with E-state index < -0.39 is 66.2 Å². The molecule has 2 aromatic rings. The van der Waals surface area contributed by atoms with Gasteiger partial charge in [-0.3, -0.25) is 19.1 Å². The minimum absolute atomic E-state index is 0.0174. The van der Waals surface area contributed by atoms with Gasteiger partial charge in [0, 0.05) is 24.7 Å². The fraction of sp³-hybridized carbons (Fsp3) is 0.476. The first-order chi connectivity index (χ1) is 15.8. The molecule has 12 nitrogen and oxygen atoms in total. The summed E-state index contributed by atoms with van der Waals surface area (Å²) in [7, 11) is 0. The molecule has 3 heterocycles. The van der Waals surface area contributed by atoms with Gasteiger partial charge in [0.2, 0.25) is 0 Å². The molecular formula is C21H24FN3O9. The number of hydrogen-bond acceptors (Lipinski definition) is 10. The Hall–Kier alpha value is -3.42. The Morgan fingerprint density at radius 3 is 2.56 bits per heavy atom. The number of aromatic nitrogens is 3. The number of hydrogen-bond donors (Lipinski definition) is 2. The minimum atomic E-state index is -3.07. The van der Waals surface area contributed by atoms with Gasteiger partial charge in [-0.15, -0.1) is 0 Å². The van der Waals surface area contributed by atoms with Crippen LogP contribution in [0.4, 0.5) is 4.39 Å². The third kappa shape index (κ3) is 5.05. The van der Waals surface area contributed by atoms with E-state index in [1.807, 2.05) is 0 Å². The molecule has 1 fully saturated rings. The summed E-state index contributed by atoms with van der Waals surface area (Å²) < 4.78 is 31.4. The first-order valence-corrected chi connectivity index (χ1v) is 10.1. The quantitative estimate of drug-likeness (QED) is 0.526. The summed E-state index contributed by atoms with van der Waals surface area (Å²) in [5.74, 6) is -4.70. The fourth-order valence-corrected chi connectivity index (χ4v) is 3.01. The number of carbonyl (C=O) groups is 2. The standard InChI is InChI=1S/C21H24FN3O9/c1-20(2,3)18(30)33-11-25-13(26)6-8-24(19(25)31)16-14(27)15(28)21(22,34-16)10-32-17(29)12-5-4-7-23-9-12/h4-9,14-16,27-28H,10-11H2,1-3H3/t14-,15+,16-,21-/m1/s1. The lowest BCUT2D eigenvalue weighted by molar-refractivity contribution is -0.207. The second-order valence-electron chi connectivity index (χ2n) is 8.63. The van der Waals surface area contributed by atoms with Crippen LogP contribution in [0.5, 0.6) is 0 Å². The SMILES string of the molecule is CC(C)(C)C(=O)OCn1c(=O)ccn([C@@H]2O[C@](F)(COC(=O)c3cccnc3)[C@@H](O)[C@H]2O)c1=O. The van der Waals surface area contributed by atoms with E-state index >= 15 is 4.39 Å². The largest absolute Gasteiger partial charge is 0.456 e. The van der Waals surface area contributed by atoms with Crippen LogP contribution in [-0.2, 0) is 25.7 Å². The van der Waals surface area contributed by atoms with Crippen LogP contribution in [-0.4, -0.2) is 60.9 Å². The van der Waals surface area contributed by atoms with Crippen LogP contribution in [0.3, 0.4) is 0 Å². The molecule has 1 aliphatic rings. The number of pyridine rings is 1. The van der Waals surface area contributed by atoms with E-state index in [1.165, 1.54) is 24.5 Å². The van der Waals surface area contributed by atoms with Gasteiger partial charge in [-0.25, -0.2) is 18.5 Å². The fourth-order valence-electron chi connectivity index (χ4n) is 3.01. The molecule has 184 valence electrons. The predicted molar refractivity (Wildman–Crippen MR) is 111 cm³/mol. The van der Waals surface area contributed by atoms with E-state index in [9.17, 15) is 29.4 Å². The van der Waals surface area contributed by atoms with Crippen LogP contribution in [0.15, 0.2) is 46.4 Å². The Kier molecular flexibility index (Phi) is 7.00. The van der Waals surface area contributed by atoms with Crippen molar-refractivity contribution in [3.63, 3.8) is 0 Å². The highest BCUT2D eigenvalue weighted by molar-refractivity contribution is 5.88. The predicted octanol–water partition coefficient (Wildman–Crippen LogP) is -0.275. The first-order valence-electron chi connectivity index (χ1n) is 10.1. The zero-order valence-corrected chi connectivity index (χ0v) is 18.6. The maximum absolute atomic E-state index is 15.3. The van der Waals surface area contributed by atoms with E-state index in [0.29, 0.717) is 9.13 Å². The molecule has 0 aromatic carbocycles. The van der Waals surface area contributed by atoms with Gasteiger partial charge in [0.25, 0.3) is 11.4 Å². The van der Waals surface area contributed by atoms with E-state index in [2.05, 4.69) is 4.98 Å². The number of alkyl halides is 1. The third-order valence-electron chi connectivity index (χ3n) is 4.98. The molecule has 0 radical (unpaired) electrons. The van der Waals surface area contributed by atoms with Crippen molar-refractivity contribution in [2.45, 2.75) is 51.8 Å².